The summed E-state index contributed by atoms with van der Waals surface area (Å²) in [6, 6.07) is 9.61. The lowest BCUT2D eigenvalue weighted by atomic mass is 10.00. The van der Waals surface area contributed by atoms with E-state index in [1.54, 1.807) is 11.4 Å². The number of methoxy groups -OCH3 is 1. The minimum absolute atomic E-state index is 0.0494. The highest BCUT2D eigenvalue weighted by molar-refractivity contribution is 7.47. The molecule has 55 heavy (non-hydrogen) atoms. The Labute approximate surface area is 327 Å². The number of nitriles is 1. The molecule has 1 aromatic carbocycles. The minimum Gasteiger partial charge on any atom is -0.382 e. The molecule has 2 heterocycles. The van der Waals surface area contributed by atoms with E-state index in [1.807, 2.05) is 18.2 Å². The maximum atomic E-state index is 14.0. The van der Waals surface area contributed by atoms with Gasteiger partial charge < -0.3 is 24.8 Å². The summed E-state index contributed by atoms with van der Waals surface area (Å²) < 4.78 is 57.0. The number of halogens is 1. The lowest BCUT2D eigenvalue weighted by Crippen LogP contribution is -2.34. The first-order valence-corrected chi connectivity index (χ1v) is 21.7. The van der Waals surface area contributed by atoms with Gasteiger partial charge >= 0.3 is 7.82 Å². The van der Waals surface area contributed by atoms with Gasteiger partial charge in [-0.3, -0.25) is 9.05 Å². The van der Waals surface area contributed by atoms with Gasteiger partial charge in [-0.25, -0.2) is 18.5 Å². The second kappa shape index (κ2) is 26.1. The molecular weight excluding hydrogens is 724 g/mol. The number of unbranched alkanes of at least 4 members (excludes halogenated alkanes) is 15. The predicted molar refractivity (Wildman–Crippen MR) is 213 cm³/mol. The Morgan fingerprint density at radius 3 is 2.20 bits per heavy atom. The number of aromatic nitrogens is 3. The van der Waals surface area contributed by atoms with E-state index in [-0.39, 0.29) is 32.0 Å². The molecule has 2 aromatic heterocycles. The maximum absolute atomic E-state index is 14.0. The van der Waals surface area contributed by atoms with Crippen LogP contribution in [0, 0.1) is 17.1 Å². The lowest BCUT2D eigenvalue weighted by molar-refractivity contribution is -0.0616. The largest absolute Gasteiger partial charge is 0.472 e. The number of phosphoric acid groups is 1. The van der Waals surface area contributed by atoms with Crippen molar-refractivity contribution in [2.75, 3.05) is 39.3 Å². The Bertz CT molecular complexity index is 1600. The summed E-state index contributed by atoms with van der Waals surface area (Å²) in [5.74, 6) is -0.185. The molecule has 3 N–H and O–H groups in total. The van der Waals surface area contributed by atoms with Gasteiger partial charge in [-0.05, 0) is 62.1 Å². The second-order valence-electron chi connectivity index (χ2n) is 14.7. The van der Waals surface area contributed by atoms with Crippen molar-refractivity contribution in [3.8, 4) is 6.07 Å². The number of rotatable bonds is 32. The number of fused-ring (bicyclic) bond motifs is 1. The number of benzene rings is 1. The summed E-state index contributed by atoms with van der Waals surface area (Å²) in [5.41, 5.74) is 7.20. The molecule has 3 rings (SSSR count). The third kappa shape index (κ3) is 18.7. The summed E-state index contributed by atoms with van der Waals surface area (Å²) in [6.07, 6.45) is 22.1. The Balaban J connectivity index is 1.38. The molecule has 1 unspecified atom stereocenters. The molecule has 14 heteroatoms. The predicted octanol–water partition coefficient (Wildman–Crippen LogP) is 9.66. The fraction of sp³-hybridized carbons (Fsp3) is 0.683. The van der Waals surface area contributed by atoms with Crippen LogP contribution in [0.2, 0.25) is 0 Å². The van der Waals surface area contributed by atoms with Crippen LogP contribution < -0.4 is 5.73 Å². The molecule has 3 aromatic rings. The molecular formula is C41H65FN5O7P. The molecule has 0 aliphatic rings. The van der Waals surface area contributed by atoms with Crippen LogP contribution in [0.15, 0.2) is 36.7 Å². The van der Waals surface area contributed by atoms with Crippen LogP contribution in [-0.4, -0.2) is 64.7 Å². The average Bonchev–Trinajstić information content (AvgIpc) is 3.60. The van der Waals surface area contributed by atoms with E-state index >= 15 is 0 Å². The number of aryl methyl sites for hydroxylation is 1. The maximum Gasteiger partial charge on any atom is 0.472 e. The smallest absolute Gasteiger partial charge is 0.382 e. The Morgan fingerprint density at radius 2 is 1.58 bits per heavy atom. The zero-order chi connectivity index (χ0) is 39.8. The molecule has 0 aliphatic carbocycles. The van der Waals surface area contributed by atoms with Crippen LogP contribution in [0.25, 0.3) is 5.52 Å². The van der Waals surface area contributed by atoms with Crippen molar-refractivity contribution in [3.63, 3.8) is 0 Å². The standard InChI is InChI=1S/C41H65FN5O7P/c1-4-5-6-7-8-9-10-11-12-13-14-15-16-17-18-19-24-51-30-38(52-29-35-25-34(28-43)26-36(42)27-35)31-53-55(48,49)54-32-41(2,50-3)23-22-37-20-21-39-40(44)45-33-46-47(37)39/h20-21,25-27,33,38H,4-19,22-24,29-32H2,1-3H3,(H,48,49)(H2,44,45,46)/t38-,41+/m1/s1. The Hall–Kier alpha value is -2.95. The van der Waals surface area contributed by atoms with Gasteiger partial charge in [0.1, 0.15) is 23.8 Å². The summed E-state index contributed by atoms with van der Waals surface area (Å²) in [6.45, 7) is 4.05. The number of hydrogen-bond acceptors (Lipinski definition) is 10. The van der Waals surface area contributed by atoms with Gasteiger partial charge in [0.05, 0.1) is 43.7 Å². The number of ether oxygens (including phenoxy) is 3. The molecule has 3 atom stereocenters. The van der Waals surface area contributed by atoms with Crippen molar-refractivity contribution < 1.29 is 37.1 Å². The normalized spacial score (nSPS) is 14.5. The van der Waals surface area contributed by atoms with Gasteiger partial charge in [0.15, 0.2) is 5.82 Å². The molecule has 308 valence electrons. The highest BCUT2D eigenvalue weighted by Gasteiger charge is 2.31. The molecule has 0 spiro atoms. The van der Waals surface area contributed by atoms with Crippen molar-refractivity contribution >= 4 is 19.2 Å². The zero-order valence-electron chi connectivity index (χ0n) is 33.4. The number of nitrogen functional groups attached to an aromatic ring is 1. The van der Waals surface area contributed by atoms with Gasteiger partial charge in [-0.15, -0.1) is 0 Å². The van der Waals surface area contributed by atoms with Crippen LogP contribution in [-0.2, 0) is 40.9 Å². The van der Waals surface area contributed by atoms with Gasteiger partial charge in [0, 0.05) is 19.4 Å². The van der Waals surface area contributed by atoms with E-state index in [0.29, 0.717) is 36.3 Å². The molecule has 0 saturated heterocycles. The van der Waals surface area contributed by atoms with E-state index in [0.717, 1.165) is 31.0 Å². The fourth-order valence-electron chi connectivity index (χ4n) is 6.38. The summed E-state index contributed by atoms with van der Waals surface area (Å²) in [7, 11) is -3.03. The van der Waals surface area contributed by atoms with Gasteiger partial charge in [-0.1, -0.05) is 103 Å². The summed E-state index contributed by atoms with van der Waals surface area (Å²) >= 11 is 0. The Kier molecular flexibility index (Phi) is 22.0. The third-order valence-corrected chi connectivity index (χ3v) is 10.9. The monoisotopic (exact) mass is 789 g/mol. The molecule has 0 saturated carbocycles. The fourth-order valence-corrected chi connectivity index (χ4v) is 7.24. The van der Waals surface area contributed by atoms with Crippen molar-refractivity contribution in [2.24, 2.45) is 0 Å². The second-order valence-corrected chi connectivity index (χ2v) is 16.2. The number of nitrogens with two attached hydrogens (primary N) is 1. The van der Waals surface area contributed by atoms with Crippen LogP contribution in [0.5, 0.6) is 0 Å². The van der Waals surface area contributed by atoms with Crippen molar-refractivity contribution in [2.45, 2.75) is 148 Å². The van der Waals surface area contributed by atoms with Crippen molar-refractivity contribution in [1.82, 2.24) is 14.6 Å². The van der Waals surface area contributed by atoms with Crippen LogP contribution in [0.1, 0.15) is 140 Å². The zero-order valence-corrected chi connectivity index (χ0v) is 34.3. The van der Waals surface area contributed by atoms with Crippen molar-refractivity contribution in [1.29, 1.82) is 5.26 Å². The van der Waals surface area contributed by atoms with Gasteiger partial charge in [0.2, 0.25) is 0 Å². The first kappa shape index (κ1) is 46.4. The van der Waals surface area contributed by atoms with E-state index in [4.69, 9.17) is 29.0 Å². The van der Waals surface area contributed by atoms with E-state index < -0.39 is 25.3 Å². The van der Waals surface area contributed by atoms with E-state index in [9.17, 15) is 19.1 Å². The highest BCUT2D eigenvalue weighted by atomic mass is 31.2. The van der Waals surface area contributed by atoms with Gasteiger partial charge in [0.25, 0.3) is 0 Å². The average molecular weight is 790 g/mol. The van der Waals surface area contributed by atoms with Crippen LogP contribution in [0.3, 0.4) is 0 Å². The van der Waals surface area contributed by atoms with E-state index in [1.165, 1.54) is 109 Å². The summed E-state index contributed by atoms with van der Waals surface area (Å²) in [4.78, 5) is 14.6. The lowest BCUT2D eigenvalue weighted by Gasteiger charge is -2.29. The first-order chi connectivity index (χ1) is 26.6. The van der Waals surface area contributed by atoms with Crippen LogP contribution in [0.4, 0.5) is 10.2 Å². The SMILES string of the molecule is CCCCCCCCCCCCCCCCCCOC[C@H](COP(=O)(O)OC[C@](C)(CCc1ccc2c(N)ncnn12)OC)OCc1cc(F)cc(C#N)c1. The number of phosphoric ester groups is 1. The molecule has 0 bridgehead atoms. The molecule has 0 fully saturated rings. The third-order valence-electron chi connectivity index (χ3n) is 9.94. The van der Waals surface area contributed by atoms with Crippen LogP contribution >= 0.6 is 7.82 Å². The molecule has 0 aliphatic heterocycles. The molecule has 12 nitrogen and oxygen atoms in total. The topological polar surface area (TPSA) is 163 Å². The first-order valence-electron chi connectivity index (χ1n) is 20.2. The minimum atomic E-state index is -4.54. The number of anilines is 1. The Morgan fingerprint density at radius 1 is 0.945 bits per heavy atom. The summed E-state index contributed by atoms with van der Waals surface area (Å²) in [5, 5.41) is 13.5. The van der Waals surface area contributed by atoms with E-state index in [2.05, 4.69) is 17.0 Å². The van der Waals surface area contributed by atoms with Gasteiger partial charge in [-0.2, -0.15) is 10.4 Å². The number of nitrogens with zero attached hydrogens (tertiary/aromatic N) is 4. The highest BCUT2D eigenvalue weighted by Crippen LogP contribution is 2.44. The molecule has 0 amide bonds. The number of hydrogen-bond donors (Lipinski definition) is 2. The molecule has 0 radical (unpaired) electrons. The quantitative estimate of drug-likeness (QED) is 0.0457. The van der Waals surface area contributed by atoms with Crippen molar-refractivity contribution in [3.05, 3.63) is 59.3 Å².